The molecule has 1 atom stereocenters. The Labute approximate surface area is 410 Å². The van der Waals surface area contributed by atoms with Gasteiger partial charge >= 0.3 is 17.9 Å². The summed E-state index contributed by atoms with van der Waals surface area (Å²) >= 11 is 0. The minimum atomic E-state index is -0.771. The van der Waals surface area contributed by atoms with Gasteiger partial charge < -0.3 is 14.2 Å². The summed E-state index contributed by atoms with van der Waals surface area (Å²) in [6.45, 7) is 6.48. The van der Waals surface area contributed by atoms with Crippen molar-refractivity contribution in [2.75, 3.05) is 13.2 Å². The number of carbonyl (C=O) groups is 3. The second-order valence-corrected chi connectivity index (χ2v) is 19.5. The van der Waals surface area contributed by atoms with Crippen LogP contribution in [-0.2, 0) is 28.6 Å². The molecule has 0 aromatic carbocycles. The van der Waals surface area contributed by atoms with Crippen LogP contribution in [0, 0.1) is 0 Å². The first kappa shape index (κ1) is 63.6. The zero-order valence-electron chi connectivity index (χ0n) is 44.2. The molecule has 0 saturated carbocycles. The number of esters is 3. The molecule has 66 heavy (non-hydrogen) atoms. The molecule has 0 aliphatic carbocycles. The molecule has 0 rings (SSSR count). The fraction of sp³-hybridized carbons (Fsp3) is 0.850. The molecule has 0 aromatic rings. The van der Waals surface area contributed by atoms with Crippen LogP contribution in [0.25, 0.3) is 0 Å². The standard InChI is InChI=1S/C60H110O6/c1-4-7-10-13-15-17-19-21-23-25-26-27-28-29-30-31-32-33-35-36-38-40-42-44-47-50-53-59(62)65-56-57(55-64-58(61)52-49-46-12-9-6-3)66-60(63)54-51-48-45-43-41-39-37-34-24-22-20-18-16-14-11-8-5-2/h8,11,16,18,22,24,57H,4-7,9-10,12-15,17,19-21,23,25-56H2,1-3H3/b11-8-,18-16-,24-22-. The molecule has 0 aliphatic heterocycles. The molecular weight excluding hydrogens is 817 g/mol. The highest BCUT2D eigenvalue weighted by Crippen LogP contribution is 2.17. The number of allylic oxidation sites excluding steroid dienone is 6. The van der Waals surface area contributed by atoms with E-state index < -0.39 is 6.10 Å². The fourth-order valence-corrected chi connectivity index (χ4v) is 8.58. The normalized spacial score (nSPS) is 12.2. The van der Waals surface area contributed by atoms with Gasteiger partial charge in [0.15, 0.2) is 6.10 Å². The summed E-state index contributed by atoms with van der Waals surface area (Å²) in [5.74, 6) is -0.883. The number of unbranched alkanes of at least 4 members (excludes halogenated alkanes) is 36. The van der Waals surface area contributed by atoms with Gasteiger partial charge in [0.25, 0.3) is 0 Å². The molecule has 0 aromatic heterocycles. The molecule has 6 nitrogen and oxygen atoms in total. The van der Waals surface area contributed by atoms with Crippen LogP contribution in [-0.4, -0.2) is 37.2 Å². The Balaban J connectivity index is 4.00. The predicted molar refractivity (Wildman–Crippen MR) is 284 cm³/mol. The Morgan fingerprint density at radius 2 is 0.591 bits per heavy atom. The molecule has 0 radical (unpaired) electrons. The molecule has 0 spiro atoms. The van der Waals surface area contributed by atoms with Crippen molar-refractivity contribution in [2.45, 2.75) is 316 Å². The zero-order valence-corrected chi connectivity index (χ0v) is 44.2. The van der Waals surface area contributed by atoms with E-state index in [9.17, 15) is 14.4 Å². The second-order valence-electron chi connectivity index (χ2n) is 19.5. The highest BCUT2D eigenvalue weighted by molar-refractivity contribution is 5.71. The lowest BCUT2D eigenvalue weighted by Crippen LogP contribution is -2.30. The third-order valence-electron chi connectivity index (χ3n) is 12.9. The predicted octanol–water partition coefficient (Wildman–Crippen LogP) is 19.3. The van der Waals surface area contributed by atoms with Crippen LogP contribution in [0.15, 0.2) is 36.5 Å². The summed E-state index contributed by atoms with van der Waals surface area (Å²) in [6, 6.07) is 0. The van der Waals surface area contributed by atoms with E-state index in [1.54, 1.807) is 0 Å². The van der Waals surface area contributed by atoms with Crippen LogP contribution in [0.2, 0.25) is 0 Å². The molecule has 0 aliphatic rings. The van der Waals surface area contributed by atoms with E-state index in [2.05, 4.69) is 57.2 Å². The molecule has 6 heteroatoms. The van der Waals surface area contributed by atoms with E-state index >= 15 is 0 Å². The Hall–Kier alpha value is -2.37. The number of rotatable bonds is 53. The maximum Gasteiger partial charge on any atom is 0.306 e. The third kappa shape index (κ3) is 52.6. The van der Waals surface area contributed by atoms with Gasteiger partial charge in [-0.3, -0.25) is 14.4 Å². The van der Waals surface area contributed by atoms with Gasteiger partial charge in [0.1, 0.15) is 13.2 Å². The maximum absolute atomic E-state index is 12.8. The lowest BCUT2D eigenvalue weighted by Gasteiger charge is -2.18. The third-order valence-corrected chi connectivity index (χ3v) is 12.9. The Kier molecular flexibility index (Phi) is 53.2. The zero-order chi connectivity index (χ0) is 47.9. The van der Waals surface area contributed by atoms with Crippen LogP contribution in [0.5, 0.6) is 0 Å². The first-order chi connectivity index (χ1) is 32.5. The van der Waals surface area contributed by atoms with Crippen LogP contribution in [0.4, 0.5) is 0 Å². The van der Waals surface area contributed by atoms with Crippen LogP contribution >= 0.6 is 0 Å². The molecule has 386 valence electrons. The van der Waals surface area contributed by atoms with Crippen molar-refractivity contribution < 1.29 is 28.6 Å². The Morgan fingerprint density at radius 1 is 0.318 bits per heavy atom. The quantitative estimate of drug-likeness (QED) is 0.0262. The molecule has 0 heterocycles. The Morgan fingerprint density at radius 3 is 0.924 bits per heavy atom. The van der Waals surface area contributed by atoms with Gasteiger partial charge in [-0.25, -0.2) is 0 Å². The lowest BCUT2D eigenvalue weighted by atomic mass is 10.0. The maximum atomic E-state index is 12.8. The highest BCUT2D eigenvalue weighted by atomic mass is 16.6. The van der Waals surface area contributed by atoms with Gasteiger partial charge in [-0.05, 0) is 51.4 Å². The molecule has 0 saturated heterocycles. The molecule has 0 fully saturated rings. The van der Waals surface area contributed by atoms with Crippen molar-refractivity contribution in [3.8, 4) is 0 Å². The average molecular weight is 928 g/mol. The molecule has 1 unspecified atom stereocenters. The van der Waals surface area contributed by atoms with E-state index in [0.717, 1.165) is 89.9 Å². The summed E-state index contributed by atoms with van der Waals surface area (Å²) in [7, 11) is 0. The minimum Gasteiger partial charge on any atom is -0.462 e. The number of hydrogen-bond acceptors (Lipinski definition) is 6. The number of hydrogen-bond donors (Lipinski definition) is 0. The lowest BCUT2D eigenvalue weighted by molar-refractivity contribution is -0.167. The van der Waals surface area contributed by atoms with Gasteiger partial charge in [-0.1, -0.05) is 276 Å². The van der Waals surface area contributed by atoms with Gasteiger partial charge in [0.2, 0.25) is 0 Å². The van der Waals surface area contributed by atoms with Gasteiger partial charge in [-0.15, -0.1) is 0 Å². The highest BCUT2D eigenvalue weighted by Gasteiger charge is 2.19. The van der Waals surface area contributed by atoms with Gasteiger partial charge in [0, 0.05) is 19.3 Å². The Bertz CT molecular complexity index is 1110. The summed E-state index contributed by atoms with van der Waals surface area (Å²) in [4.78, 5) is 37.8. The van der Waals surface area contributed by atoms with Crippen molar-refractivity contribution >= 4 is 17.9 Å². The average Bonchev–Trinajstić information content (AvgIpc) is 3.31. The van der Waals surface area contributed by atoms with Crippen LogP contribution in [0.1, 0.15) is 310 Å². The smallest absolute Gasteiger partial charge is 0.306 e. The molecule has 0 bridgehead atoms. The molecule has 0 amide bonds. The van der Waals surface area contributed by atoms with Crippen LogP contribution in [0.3, 0.4) is 0 Å². The van der Waals surface area contributed by atoms with Crippen molar-refractivity contribution in [1.82, 2.24) is 0 Å². The van der Waals surface area contributed by atoms with E-state index in [1.165, 1.54) is 180 Å². The SMILES string of the molecule is CC/C=C\C/C=C\C/C=C\CCCCCCCCCC(=O)OC(COC(=O)CCCCCCC)COC(=O)CCCCCCCCCCCCCCCCCCCCCCCCCCCC. The number of ether oxygens (including phenoxy) is 3. The minimum absolute atomic E-state index is 0.0731. The van der Waals surface area contributed by atoms with E-state index in [4.69, 9.17) is 14.2 Å². The summed E-state index contributed by atoms with van der Waals surface area (Å²) in [5.41, 5.74) is 0. The first-order valence-corrected chi connectivity index (χ1v) is 29.0. The van der Waals surface area contributed by atoms with Crippen molar-refractivity contribution in [2.24, 2.45) is 0 Å². The number of carbonyl (C=O) groups excluding carboxylic acids is 3. The first-order valence-electron chi connectivity index (χ1n) is 29.0. The van der Waals surface area contributed by atoms with Crippen molar-refractivity contribution in [1.29, 1.82) is 0 Å². The van der Waals surface area contributed by atoms with E-state index in [-0.39, 0.29) is 31.1 Å². The largest absolute Gasteiger partial charge is 0.462 e. The van der Waals surface area contributed by atoms with E-state index in [0.29, 0.717) is 19.3 Å². The monoisotopic (exact) mass is 927 g/mol. The van der Waals surface area contributed by atoms with Crippen molar-refractivity contribution in [3.63, 3.8) is 0 Å². The van der Waals surface area contributed by atoms with Crippen LogP contribution < -0.4 is 0 Å². The fourth-order valence-electron chi connectivity index (χ4n) is 8.58. The summed E-state index contributed by atoms with van der Waals surface area (Å²) in [5, 5.41) is 0. The second kappa shape index (κ2) is 55.2. The van der Waals surface area contributed by atoms with Gasteiger partial charge in [-0.2, -0.15) is 0 Å². The van der Waals surface area contributed by atoms with E-state index in [1.807, 2.05) is 0 Å². The molecule has 0 N–H and O–H groups in total. The summed E-state index contributed by atoms with van der Waals surface area (Å²) < 4.78 is 16.7. The molecular formula is C60H110O6. The summed E-state index contributed by atoms with van der Waals surface area (Å²) in [6.07, 6.45) is 66.3. The topological polar surface area (TPSA) is 78.9 Å². The van der Waals surface area contributed by atoms with Crippen molar-refractivity contribution in [3.05, 3.63) is 36.5 Å². The van der Waals surface area contributed by atoms with Gasteiger partial charge in [0.05, 0.1) is 0 Å².